The molecule has 5 nitrogen and oxygen atoms in total. The van der Waals surface area contributed by atoms with Gasteiger partial charge in [0.15, 0.2) is 0 Å². The number of nitrogens with one attached hydrogen (secondary N) is 2. The number of aryl methyl sites for hydroxylation is 1. The Morgan fingerprint density at radius 2 is 1.88 bits per heavy atom. The third-order valence-corrected chi connectivity index (χ3v) is 3.49. The number of carbonyl (C=O) groups excluding carboxylic acids is 2. The monoisotopic (exact) mass is 338 g/mol. The standard InChI is InChI=1S/C20H22N2O3/c1-15-4-3-5-18(14-15)25-13-12-22-19(23)11-8-16-6-9-17(10-7-16)20(24)21-2/h3-11,14H,12-13H2,1-2H3,(H,21,24)(H,22,23)/b11-8+. The first-order valence-corrected chi connectivity index (χ1v) is 8.06. The lowest BCUT2D eigenvalue weighted by Crippen LogP contribution is -2.26. The molecule has 0 bridgehead atoms. The molecule has 0 saturated carbocycles. The van der Waals surface area contributed by atoms with Crippen LogP contribution in [-0.4, -0.2) is 32.0 Å². The van der Waals surface area contributed by atoms with Gasteiger partial charge in [-0.2, -0.15) is 0 Å². The molecule has 0 atom stereocenters. The third-order valence-electron chi connectivity index (χ3n) is 3.49. The molecule has 2 aromatic rings. The molecule has 0 fully saturated rings. The summed E-state index contributed by atoms with van der Waals surface area (Å²) in [5.41, 5.74) is 2.56. The fraction of sp³-hybridized carbons (Fsp3) is 0.200. The second-order valence-corrected chi connectivity index (χ2v) is 5.49. The minimum atomic E-state index is -0.191. The molecule has 0 aromatic heterocycles. The summed E-state index contributed by atoms with van der Waals surface area (Å²) >= 11 is 0. The van der Waals surface area contributed by atoms with Gasteiger partial charge in [-0.25, -0.2) is 0 Å². The van der Waals surface area contributed by atoms with Gasteiger partial charge in [-0.05, 0) is 48.4 Å². The van der Waals surface area contributed by atoms with E-state index in [-0.39, 0.29) is 11.8 Å². The van der Waals surface area contributed by atoms with Crippen molar-refractivity contribution < 1.29 is 14.3 Å². The maximum atomic E-state index is 11.8. The van der Waals surface area contributed by atoms with Crippen molar-refractivity contribution in [3.63, 3.8) is 0 Å². The number of benzene rings is 2. The molecular weight excluding hydrogens is 316 g/mol. The molecule has 2 aromatic carbocycles. The van der Waals surface area contributed by atoms with Gasteiger partial charge in [-0.15, -0.1) is 0 Å². The van der Waals surface area contributed by atoms with Gasteiger partial charge in [0.2, 0.25) is 5.91 Å². The summed E-state index contributed by atoms with van der Waals surface area (Å²) in [4.78, 5) is 23.2. The average molecular weight is 338 g/mol. The van der Waals surface area contributed by atoms with E-state index in [4.69, 9.17) is 4.74 Å². The van der Waals surface area contributed by atoms with Crippen LogP contribution >= 0.6 is 0 Å². The van der Waals surface area contributed by atoms with Crippen molar-refractivity contribution in [2.24, 2.45) is 0 Å². The molecule has 5 heteroatoms. The van der Waals surface area contributed by atoms with Gasteiger partial charge in [-0.3, -0.25) is 9.59 Å². The molecule has 25 heavy (non-hydrogen) atoms. The number of hydrogen-bond donors (Lipinski definition) is 2. The highest BCUT2D eigenvalue weighted by Crippen LogP contribution is 2.11. The smallest absolute Gasteiger partial charge is 0.251 e. The lowest BCUT2D eigenvalue weighted by Gasteiger charge is -2.07. The van der Waals surface area contributed by atoms with Crippen molar-refractivity contribution in [2.75, 3.05) is 20.2 Å². The summed E-state index contributed by atoms with van der Waals surface area (Å²) < 4.78 is 5.57. The molecule has 0 unspecified atom stereocenters. The number of carbonyl (C=O) groups is 2. The molecule has 0 aliphatic rings. The van der Waals surface area contributed by atoms with Crippen molar-refractivity contribution in [1.82, 2.24) is 10.6 Å². The first-order chi connectivity index (χ1) is 12.1. The van der Waals surface area contributed by atoms with Crippen molar-refractivity contribution in [3.05, 3.63) is 71.3 Å². The van der Waals surface area contributed by atoms with Crippen LogP contribution in [0, 0.1) is 6.92 Å². The normalized spacial score (nSPS) is 10.5. The SMILES string of the molecule is CNC(=O)c1ccc(/C=C/C(=O)NCCOc2cccc(C)c2)cc1. The lowest BCUT2D eigenvalue weighted by molar-refractivity contribution is -0.116. The molecule has 0 heterocycles. The third kappa shape index (κ3) is 6.14. The predicted octanol–water partition coefficient (Wildman–Crippen LogP) is 2.56. The van der Waals surface area contributed by atoms with Crippen LogP contribution < -0.4 is 15.4 Å². The van der Waals surface area contributed by atoms with Crippen LogP contribution in [0.5, 0.6) is 5.75 Å². The van der Waals surface area contributed by atoms with Gasteiger partial charge in [0.25, 0.3) is 5.91 Å². The quantitative estimate of drug-likeness (QED) is 0.602. The average Bonchev–Trinajstić information content (AvgIpc) is 2.63. The second-order valence-electron chi connectivity index (χ2n) is 5.49. The van der Waals surface area contributed by atoms with Crippen LogP contribution in [0.2, 0.25) is 0 Å². The minimum Gasteiger partial charge on any atom is -0.492 e. The first kappa shape index (κ1) is 18.3. The fourth-order valence-corrected chi connectivity index (χ4v) is 2.17. The molecule has 0 radical (unpaired) electrons. The van der Waals surface area contributed by atoms with Gasteiger partial charge in [0.05, 0.1) is 6.54 Å². The Morgan fingerprint density at radius 1 is 1.12 bits per heavy atom. The molecule has 0 spiro atoms. The van der Waals surface area contributed by atoms with Gasteiger partial charge < -0.3 is 15.4 Å². The van der Waals surface area contributed by atoms with E-state index in [0.29, 0.717) is 18.7 Å². The van der Waals surface area contributed by atoms with Crippen LogP contribution in [0.1, 0.15) is 21.5 Å². The zero-order valence-corrected chi connectivity index (χ0v) is 14.4. The van der Waals surface area contributed by atoms with Crippen LogP contribution in [0.25, 0.3) is 6.08 Å². The van der Waals surface area contributed by atoms with Gasteiger partial charge in [0, 0.05) is 18.7 Å². The maximum Gasteiger partial charge on any atom is 0.251 e. The zero-order chi connectivity index (χ0) is 18.1. The Morgan fingerprint density at radius 3 is 2.56 bits per heavy atom. The van der Waals surface area contributed by atoms with Gasteiger partial charge in [-0.1, -0.05) is 24.3 Å². The summed E-state index contributed by atoms with van der Waals surface area (Å²) in [5.74, 6) is 0.464. The summed E-state index contributed by atoms with van der Waals surface area (Å²) in [7, 11) is 1.59. The summed E-state index contributed by atoms with van der Waals surface area (Å²) in [6.07, 6.45) is 3.16. The summed E-state index contributed by atoms with van der Waals surface area (Å²) in [5, 5.41) is 5.32. The number of rotatable bonds is 7. The maximum absolute atomic E-state index is 11.8. The molecule has 2 rings (SSSR count). The Bertz CT molecular complexity index is 752. The molecule has 2 amide bonds. The van der Waals surface area contributed by atoms with E-state index in [0.717, 1.165) is 16.9 Å². The predicted molar refractivity (Wildman–Crippen MR) is 98.5 cm³/mol. The van der Waals surface area contributed by atoms with E-state index in [1.165, 1.54) is 6.08 Å². The molecule has 0 aliphatic carbocycles. The van der Waals surface area contributed by atoms with Gasteiger partial charge in [0.1, 0.15) is 12.4 Å². The van der Waals surface area contributed by atoms with Gasteiger partial charge >= 0.3 is 0 Å². The van der Waals surface area contributed by atoms with Crippen LogP contribution in [0.4, 0.5) is 0 Å². The van der Waals surface area contributed by atoms with Crippen molar-refractivity contribution in [1.29, 1.82) is 0 Å². The van der Waals surface area contributed by atoms with Crippen molar-refractivity contribution in [2.45, 2.75) is 6.92 Å². The second kappa shape index (κ2) is 9.27. The van der Waals surface area contributed by atoms with E-state index < -0.39 is 0 Å². The highest BCUT2D eigenvalue weighted by molar-refractivity contribution is 5.94. The van der Waals surface area contributed by atoms with E-state index in [9.17, 15) is 9.59 Å². The number of amides is 2. The highest BCUT2D eigenvalue weighted by Gasteiger charge is 2.01. The van der Waals surface area contributed by atoms with Crippen LogP contribution in [0.15, 0.2) is 54.6 Å². The fourth-order valence-electron chi connectivity index (χ4n) is 2.17. The molecule has 0 saturated heterocycles. The summed E-state index contributed by atoms with van der Waals surface area (Å²) in [6.45, 7) is 2.83. The Labute approximate surface area is 147 Å². The van der Waals surface area contributed by atoms with E-state index in [1.54, 1.807) is 37.4 Å². The highest BCUT2D eigenvalue weighted by atomic mass is 16.5. The van der Waals surface area contributed by atoms with E-state index >= 15 is 0 Å². The molecule has 0 aliphatic heterocycles. The number of hydrogen-bond acceptors (Lipinski definition) is 3. The van der Waals surface area contributed by atoms with Crippen LogP contribution in [-0.2, 0) is 4.79 Å². The lowest BCUT2D eigenvalue weighted by atomic mass is 10.1. The van der Waals surface area contributed by atoms with E-state index in [1.807, 2.05) is 31.2 Å². The topological polar surface area (TPSA) is 67.4 Å². The van der Waals surface area contributed by atoms with Crippen molar-refractivity contribution >= 4 is 17.9 Å². The Hall–Kier alpha value is -3.08. The Balaban J connectivity index is 1.74. The number of ether oxygens (including phenoxy) is 1. The van der Waals surface area contributed by atoms with Crippen molar-refractivity contribution in [3.8, 4) is 5.75 Å². The Kier molecular flexibility index (Phi) is 6.77. The zero-order valence-electron chi connectivity index (χ0n) is 14.4. The first-order valence-electron chi connectivity index (χ1n) is 8.06. The molecule has 2 N–H and O–H groups in total. The summed E-state index contributed by atoms with van der Waals surface area (Å²) in [6, 6.07) is 14.8. The van der Waals surface area contributed by atoms with Crippen LogP contribution in [0.3, 0.4) is 0 Å². The minimum absolute atomic E-state index is 0.137. The van der Waals surface area contributed by atoms with E-state index in [2.05, 4.69) is 10.6 Å². The molecular formula is C20H22N2O3. The molecule has 130 valence electrons. The largest absolute Gasteiger partial charge is 0.492 e.